The summed E-state index contributed by atoms with van der Waals surface area (Å²) in [6, 6.07) is 6.32. The fraction of sp³-hybridized carbons (Fsp3) is 0. The van der Waals surface area contributed by atoms with Crippen LogP contribution >= 0.6 is 11.6 Å². The van der Waals surface area contributed by atoms with Crippen LogP contribution in [0.15, 0.2) is 38.6 Å². The van der Waals surface area contributed by atoms with Gasteiger partial charge in [0.2, 0.25) is 0 Å². The molecule has 0 aliphatic rings. The van der Waals surface area contributed by atoms with E-state index in [0.29, 0.717) is 0 Å². The van der Waals surface area contributed by atoms with E-state index in [2.05, 4.69) is 0 Å². The summed E-state index contributed by atoms with van der Waals surface area (Å²) in [5.74, 6) is 0. The van der Waals surface area contributed by atoms with E-state index in [9.17, 15) is 14.4 Å². The zero-order valence-corrected chi connectivity index (χ0v) is 8.62. The monoisotopic (exact) mass is 239 g/mol. The normalized spacial score (nSPS) is 10.3. The molecule has 1 aromatic heterocycles. The highest BCUT2D eigenvalue weighted by Crippen LogP contribution is 2.16. The molecule has 0 atom stereocenters. The van der Waals surface area contributed by atoms with E-state index in [0.717, 1.165) is 4.57 Å². The van der Waals surface area contributed by atoms with Crippen LogP contribution in [-0.4, -0.2) is 14.5 Å². The first kappa shape index (κ1) is 10.4. The van der Waals surface area contributed by atoms with Gasteiger partial charge in [-0.05, 0) is 12.1 Å². The van der Waals surface area contributed by atoms with Gasteiger partial charge in [-0.1, -0.05) is 23.7 Å². The summed E-state index contributed by atoms with van der Waals surface area (Å²) in [6.07, 6.45) is 0. The van der Waals surface area contributed by atoms with Gasteiger partial charge in [0.25, 0.3) is 0 Å². The molecule has 1 aromatic carbocycles. The molecule has 7 heteroatoms. The van der Waals surface area contributed by atoms with E-state index < -0.39 is 17.1 Å². The average Bonchev–Trinajstić information content (AvgIpc) is 2.19. The Bertz CT molecular complexity index is 664. The van der Waals surface area contributed by atoms with E-state index >= 15 is 0 Å². The number of rotatable bonds is 1. The number of aromatic amines is 2. The highest BCUT2D eigenvalue weighted by Gasteiger charge is 2.08. The molecule has 2 rings (SSSR count). The van der Waals surface area contributed by atoms with Crippen molar-refractivity contribution in [3.8, 4) is 5.69 Å². The molecule has 0 spiro atoms. The van der Waals surface area contributed by atoms with Crippen molar-refractivity contribution in [1.82, 2.24) is 14.5 Å². The van der Waals surface area contributed by atoms with Gasteiger partial charge in [-0.15, -0.1) is 0 Å². The van der Waals surface area contributed by atoms with Crippen LogP contribution < -0.4 is 17.1 Å². The highest BCUT2D eigenvalue weighted by molar-refractivity contribution is 6.32. The van der Waals surface area contributed by atoms with Crippen molar-refractivity contribution in [2.45, 2.75) is 0 Å². The zero-order chi connectivity index (χ0) is 11.7. The quantitative estimate of drug-likeness (QED) is 0.727. The fourth-order valence-corrected chi connectivity index (χ4v) is 1.50. The molecule has 0 saturated heterocycles. The summed E-state index contributed by atoms with van der Waals surface area (Å²) >= 11 is 5.84. The number of hydrogen-bond acceptors (Lipinski definition) is 3. The van der Waals surface area contributed by atoms with Crippen LogP contribution in [0.1, 0.15) is 0 Å². The Kier molecular flexibility index (Phi) is 2.49. The molecule has 0 unspecified atom stereocenters. The molecule has 0 aliphatic heterocycles. The smallest absolute Gasteiger partial charge is 0.258 e. The number of benzene rings is 1. The molecule has 16 heavy (non-hydrogen) atoms. The third-order valence-electron chi connectivity index (χ3n) is 1.94. The topological polar surface area (TPSA) is 87.7 Å². The number of nitrogens with one attached hydrogen (secondary N) is 2. The van der Waals surface area contributed by atoms with Gasteiger partial charge in [-0.3, -0.25) is 9.97 Å². The largest absolute Gasteiger partial charge is 0.338 e. The van der Waals surface area contributed by atoms with Gasteiger partial charge < -0.3 is 0 Å². The SMILES string of the molecule is O=c1[nH]c(=O)n(-c2ccccc2Cl)c(=O)[nH]1. The summed E-state index contributed by atoms with van der Waals surface area (Å²) in [4.78, 5) is 37.6. The van der Waals surface area contributed by atoms with E-state index in [1.54, 1.807) is 12.1 Å². The first-order valence-electron chi connectivity index (χ1n) is 4.30. The van der Waals surface area contributed by atoms with Crippen LogP contribution in [0.2, 0.25) is 5.02 Å². The van der Waals surface area contributed by atoms with Gasteiger partial charge in [-0.2, -0.15) is 0 Å². The first-order chi connectivity index (χ1) is 7.59. The van der Waals surface area contributed by atoms with Crippen LogP contribution in [0, 0.1) is 0 Å². The third kappa shape index (κ3) is 1.70. The lowest BCUT2D eigenvalue weighted by atomic mass is 10.3. The molecular formula is C9H6ClN3O3. The van der Waals surface area contributed by atoms with Gasteiger partial charge in [-0.25, -0.2) is 19.0 Å². The van der Waals surface area contributed by atoms with Crippen LogP contribution in [0.25, 0.3) is 5.69 Å². The van der Waals surface area contributed by atoms with Crippen molar-refractivity contribution in [3.05, 3.63) is 60.7 Å². The Hall–Kier alpha value is -2.08. The Morgan fingerprint density at radius 3 is 2.12 bits per heavy atom. The van der Waals surface area contributed by atoms with E-state index in [-0.39, 0.29) is 10.7 Å². The molecule has 1 heterocycles. The predicted octanol–water partition coefficient (Wildman–Crippen LogP) is -0.133. The summed E-state index contributed by atoms with van der Waals surface area (Å²) in [5, 5.41) is 0.238. The first-order valence-corrected chi connectivity index (χ1v) is 4.68. The standard InChI is InChI=1S/C9H6ClN3O3/c10-5-3-1-2-4-6(5)13-8(15)11-7(14)12-9(13)16/h1-4H,(H2,11,12,14,15,16). The minimum atomic E-state index is -0.849. The second kappa shape index (κ2) is 3.82. The van der Waals surface area contributed by atoms with Crippen molar-refractivity contribution in [2.24, 2.45) is 0 Å². The Morgan fingerprint density at radius 2 is 1.56 bits per heavy atom. The second-order valence-electron chi connectivity index (χ2n) is 2.98. The molecule has 2 N–H and O–H groups in total. The number of nitrogens with zero attached hydrogens (tertiary/aromatic N) is 1. The molecule has 82 valence electrons. The molecule has 0 amide bonds. The van der Waals surface area contributed by atoms with Crippen molar-refractivity contribution < 1.29 is 0 Å². The average molecular weight is 240 g/mol. The zero-order valence-electron chi connectivity index (χ0n) is 7.86. The molecule has 0 aliphatic carbocycles. The molecule has 6 nitrogen and oxygen atoms in total. The molecule has 0 fully saturated rings. The van der Waals surface area contributed by atoms with Crippen molar-refractivity contribution in [1.29, 1.82) is 0 Å². The summed E-state index contributed by atoms with van der Waals surface area (Å²) in [6.45, 7) is 0. The van der Waals surface area contributed by atoms with Gasteiger partial charge in [0.05, 0.1) is 10.7 Å². The maximum Gasteiger partial charge on any atom is 0.338 e. The Morgan fingerprint density at radius 1 is 1.00 bits per heavy atom. The summed E-state index contributed by atoms with van der Waals surface area (Å²) in [5.41, 5.74) is -2.30. The van der Waals surface area contributed by atoms with Crippen LogP contribution in [0.4, 0.5) is 0 Å². The summed E-state index contributed by atoms with van der Waals surface area (Å²) in [7, 11) is 0. The van der Waals surface area contributed by atoms with Crippen molar-refractivity contribution in [2.75, 3.05) is 0 Å². The second-order valence-corrected chi connectivity index (χ2v) is 3.38. The van der Waals surface area contributed by atoms with Gasteiger partial charge >= 0.3 is 17.1 Å². The van der Waals surface area contributed by atoms with E-state index in [4.69, 9.17) is 11.6 Å². The van der Waals surface area contributed by atoms with Gasteiger partial charge in [0.15, 0.2) is 0 Å². The molecule has 0 bridgehead atoms. The molecule has 0 saturated carbocycles. The van der Waals surface area contributed by atoms with Crippen LogP contribution in [0.3, 0.4) is 0 Å². The maximum atomic E-state index is 11.4. The predicted molar refractivity (Wildman–Crippen MR) is 58.3 cm³/mol. The van der Waals surface area contributed by atoms with E-state index in [1.807, 2.05) is 9.97 Å². The fourth-order valence-electron chi connectivity index (χ4n) is 1.28. The van der Waals surface area contributed by atoms with Gasteiger partial charge in [0, 0.05) is 0 Å². The van der Waals surface area contributed by atoms with Crippen molar-refractivity contribution >= 4 is 11.6 Å². The molecule has 2 aromatic rings. The molecular weight excluding hydrogens is 234 g/mol. The number of hydrogen-bond donors (Lipinski definition) is 2. The minimum Gasteiger partial charge on any atom is -0.258 e. The van der Waals surface area contributed by atoms with E-state index in [1.165, 1.54) is 12.1 Å². The number of halogens is 1. The lowest BCUT2D eigenvalue weighted by molar-refractivity contribution is 0.784. The number of para-hydroxylation sites is 1. The maximum absolute atomic E-state index is 11.4. The van der Waals surface area contributed by atoms with Crippen LogP contribution in [0.5, 0.6) is 0 Å². The third-order valence-corrected chi connectivity index (χ3v) is 2.26. The van der Waals surface area contributed by atoms with Crippen LogP contribution in [-0.2, 0) is 0 Å². The number of H-pyrrole nitrogens is 2. The number of aromatic nitrogens is 3. The summed E-state index contributed by atoms with van der Waals surface area (Å²) < 4.78 is 0.754. The molecule has 0 radical (unpaired) electrons. The Labute approximate surface area is 93.1 Å². The Balaban J connectivity index is 2.86. The van der Waals surface area contributed by atoms with Gasteiger partial charge in [0.1, 0.15) is 0 Å². The lowest BCUT2D eigenvalue weighted by Gasteiger charge is -2.04. The highest BCUT2D eigenvalue weighted by atomic mass is 35.5. The minimum absolute atomic E-state index is 0.215. The lowest BCUT2D eigenvalue weighted by Crippen LogP contribution is -2.42. The van der Waals surface area contributed by atoms with Crippen molar-refractivity contribution in [3.63, 3.8) is 0 Å².